The van der Waals surface area contributed by atoms with Gasteiger partial charge in [0.15, 0.2) is 0 Å². The molecule has 0 amide bonds. The van der Waals surface area contributed by atoms with Gasteiger partial charge in [0.05, 0.1) is 10.6 Å². The van der Waals surface area contributed by atoms with Gasteiger partial charge < -0.3 is 10.5 Å². The minimum atomic E-state index is 0.0325. The molecule has 0 saturated heterocycles. The van der Waals surface area contributed by atoms with Crippen LogP contribution in [0.1, 0.15) is 30.0 Å². The van der Waals surface area contributed by atoms with Crippen molar-refractivity contribution in [1.82, 2.24) is 9.59 Å². The molecule has 0 bridgehead atoms. The maximum Gasteiger partial charge on any atom is 0.0772 e. The van der Waals surface area contributed by atoms with Crippen LogP contribution < -0.4 is 5.73 Å². The Balaban J connectivity index is 2.56. The van der Waals surface area contributed by atoms with Crippen molar-refractivity contribution in [2.75, 3.05) is 13.7 Å². The number of aromatic nitrogens is 2. The van der Waals surface area contributed by atoms with Crippen molar-refractivity contribution < 1.29 is 4.74 Å². The fraction of sp³-hybridized carbons (Fsp3) is 0.778. The Bertz CT molecular complexity index is 277. The second-order valence-electron chi connectivity index (χ2n) is 3.51. The molecule has 1 rings (SSSR count). The third-order valence-corrected chi connectivity index (χ3v) is 3.31. The second-order valence-corrected chi connectivity index (χ2v) is 4.29. The molecule has 0 aliphatic rings. The van der Waals surface area contributed by atoms with Crippen LogP contribution in [0.25, 0.3) is 0 Å². The van der Waals surface area contributed by atoms with Crippen molar-refractivity contribution in [2.24, 2.45) is 11.7 Å². The van der Waals surface area contributed by atoms with Crippen LogP contribution in [0.15, 0.2) is 0 Å². The van der Waals surface area contributed by atoms with Crippen LogP contribution in [0.3, 0.4) is 0 Å². The van der Waals surface area contributed by atoms with Crippen LogP contribution in [0, 0.1) is 12.8 Å². The summed E-state index contributed by atoms with van der Waals surface area (Å²) in [7, 11) is 1.71. The molecule has 5 heteroatoms. The SMILES string of the molecule is COCCC(C)C(N)c1snnc1C. The van der Waals surface area contributed by atoms with Crippen molar-refractivity contribution in [3.63, 3.8) is 0 Å². The molecule has 0 aliphatic carbocycles. The number of nitrogens with two attached hydrogens (primary N) is 1. The number of nitrogens with zero attached hydrogens (tertiary/aromatic N) is 2. The zero-order chi connectivity index (χ0) is 10.6. The van der Waals surface area contributed by atoms with Crippen molar-refractivity contribution in [1.29, 1.82) is 0 Å². The fourth-order valence-electron chi connectivity index (χ4n) is 1.28. The van der Waals surface area contributed by atoms with E-state index in [1.807, 2.05) is 6.92 Å². The Kier molecular flexibility index (Phi) is 4.44. The van der Waals surface area contributed by atoms with Crippen molar-refractivity contribution >= 4 is 11.5 Å². The molecule has 4 nitrogen and oxygen atoms in total. The molecule has 14 heavy (non-hydrogen) atoms. The predicted molar refractivity (Wildman–Crippen MR) is 57.2 cm³/mol. The van der Waals surface area contributed by atoms with E-state index in [2.05, 4.69) is 16.5 Å². The standard InChI is InChI=1S/C9H17N3OS/c1-6(4-5-13-3)8(10)9-7(2)11-12-14-9/h6,8H,4-5,10H2,1-3H3. The molecule has 1 aromatic heterocycles. The average Bonchev–Trinajstić information content (AvgIpc) is 2.59. The summed E-state index contributed by atoms with van der Waals surface area (Å²) < 4.78 is 8.91. The minimum absolute atomic E-state index is 0.0325. The number of ether oxygens (including phenoxy) is 1. The molecule has 0 aliphatic heterocycles. The van der Waals surface area contributed by atoms with Gasteiger partial charge in [-0.1, -0.05) is 11.4 Å². The smallest absolute Gasteiger partial charge is 0.0772 e. The van der Waals surface area contributed by atoms with Gasteiger partial charge in [-0.3, -0.25) is 0 Å². The first-order valence-corrected chi connectivity index (χ1v) is 5.47. The topological polar surface area (TPSA) is 61.0 Å². The van der Waals surface area contributed by atoms with E-state index in [4.69, 9.17) is 10.5 Å². The highest BCUT2D eigenvalue weighted by molar-refractivity contribution is 7.05. The summed E-state index contributed by atoms with van der Waals surface area (Å²) in [5, 5.41) is 3.96. The monoisotopic (exact) mass is 215 g/mol. The Morgan fingerprint density at radius 2 is 2.29 bits per heavy atom. The zero-order valence-electron chi connectivity index (χ0n) is 8.86. The summed E-state index contributed by atoms with van der Waals surface area (Å²) in [4.78, 5) is 1.09. The molecule has 2 atom stereocenters. The van der Waals surface area contributed by atoms with Crippen LogP contribution in [0.5, 0.6) is 0 Å². The highest BCUT2D eigenvalue weighted by Crippen LogP contribution is 2.26. The van der Waals surface area contributed by atoms with Gasteiger partial charge in [0, 0.05) is 19.8 Å². The van der Waals surface area contributed by atoms with E-state index in [0.717, 1.165) is 23.6 Å². The van der Waals surface area contributed by atoms with E-state index in [1.165, 1.54) is 11.5 Å². The molecule has 1 heterocycles. The third kappa shape index (κ3) is 2.73. The quantitative estimate of drug-likeness (QED) is 0.809. The summed E-state index contributed by atoms with van der Waals surface area (Å²) in [6.07, 6.45) is 0.967. The number of methoxy groups -OCH3 is 1. The van der Waals surface area contributed by atoms with E-state index in [9.17, 15) is 0 Å². The van der Waals surface area contributed by atoms with Crippen molar-refractivity contribution in [3.05, 3.63) is 10.6 Å². The summed E-state index contributed by atoms with van der Waals surface area (Å²) in [6, 6.07) is 0.0325. The summed E-state index contributed by atoms with van der Waals surface area (Å²) >= 11 is 1.39. The van der Waals surface area contributed by atoms with E-state index in [0.29, 0.717) is 5.92 Å². The Morgan fingerprint density at radius 1 is 1.57 bits per heavy atom. The molecule has 0 saturated carbocycles. The van der Waals surface area contributed by atoms with Gasteiger partial charge in [0.2, 0.25) is 0 Å². The molecule has 0 radical (unpaired) electrons. The highest BCUT2D eigenvalue weighted by Gasteiger charge is 2.19. The van der Waals surface area contributed by atoms with Gasteiger partial charge in [-0.05, 0) is 30.8 Å². The van der Waals surface area contributed by atoms with E-state index < -0.39 is 0 Å². The molecule has 80 valence electrons. The number of rotatable bonds is 5. The highest BCUT2D eigenvalue weighted by atomic mass is 32.1. The van der Waals surface area contributed by atoms with E-state index in [1.54, 1.807) is 7.11 Å². The first-order chi connectivity index (χ1) is 6.66. The molecule has 0 aromatic carbocycles. The van der Waals surface area contributed by atoms with Gasteiger partial charge in [0.25, 0.3) is 0 Å². The van der Waals surface area contributed by atoms with Crippen LogP contribution in [0.2, 0.25) is 0 Å². The summed E-state index contributed by atoms with van der Waals surface area (Å²) in [6.45, 7) is 4.82. The van der Waals surface area contributed by atoms with Gasteiger partial charge >= 0.3 is 0 Å². The van der Waals surface area contributed by atoms with Crippen LogP contribution in [-0.2, 0) is 4.74 Å². The molecule has 0 spiro atoms. The second kappa shape index (κ2) is 5.38. The van der Waals surface area contributed by atoms with Gasteiger partial charge in [-0.15, -0.1) is 5.10 Å². The number of hydrogen-bond donors (Lipinski definition) is 1. The molecule has 2 N–H and O–H groups in total. The third-order valence-electron chi connectivity index (χ3n) is 2.38. The lowest BCUT2D eigenvalue weighted by atomic mass is 9.97. The normalized spacial score (nSPS) is 15.4. The zero-order valence-corrected chi connectivity index (χ0v) is 9.67. The average molecular weight is 215 g/mol. The lowest BCUT2D eigenvalue weighted by Crippen LogP contribution is -2.20. The molecule has 0 fully saturated rings. The molecule has 1 aromatic rings. The lowest BCUT2D eigenvalue weighted by Gasteiger charge is -2.17. The van der Waals surface area contributed by atoms with E-state index >= 15 is 0 Å². The number of hydrogen-bond acceptors (Lipinski definition) is 5. The Hall–Kier alpha value is -0.520. The lowest BCUT2D eigenvalue weighted by molar-refractivity contribution is 0.175. The fourth-order valence-corrected chi connectivity index (χ4v) is 2.06. The van der Waals surface area contributed by atoms with Crippen LogP contribution in [0.4, 0.5) is 0 Å². The first kappa shape index (κ1) is 11.6. The Labute approximate surface area is 88.6 Å². The van der Waals surface area contributed by atoms with Gasteiger partial charge in [-0.2, -0.15) is 0 Å². The van der Waals surface area contributed by atoms with Crippen LogP contribution >= 0.6 is 11.5 Å². The molecular formula is C9H17N3OS. The minimum Gasteiger partial charge on any atom is -0.385 e. The molecule has 2 unspecified atom stereocenters. The maximum absolute atomic E-state index is 6.10. The first-order valence-electron chi connectivity index (χ1n) is 4.70. The van der Waals surface area contributed by atoms with Crippen LogP contribution in [-0.4, -0.2) is 23.3 Å². The maximum atomic E-state index is 6.10. The largest absolute Gasteiger partial charge is 0.385 e. The van der Waals surface area contributed by atoms with E-state index in [-0.39, 0.29) is 6.04 Å². The van der Waals surface area contributed by atoms with Gasteiger partial charge in [-0.25, -0.2) is 0 Å². The summed E-state index contributed by atoms with van der Waals surface area (Å²) in [5.74, 6) is 0.399. The van der Waals surface area contributed by atoms with Crippen molar-refractivity contribution in [2.45, 2.75) is 26.3 Å². The van der Waals surface area contributed by atoms with Crippen molar-refractivity contribution in [3.8, 4) is 0 Å². The summed E-state index contributed by atoms with van der Waals surface area (Å²) in [5.41, 5.74) is 7.05. The number of aryl methyl sites for hydroxylation is 1. The Morgan fingerprint density at radius 3 is 2.79 bits per heavy atom. The van der Waals surface area contributed by atoms with Gasteiger partial charge in [0.1, 0.15) is 0 Å². The molecular weight excluding hydrogens is 198 g/mol. The predicted octanol–water partition coefficient (Wildman–Crippen LogP) is 1.52.